The Labute approximate surface area is 109 Å². The first kappa shape index (κ1) is 13.0. The zero-order valence-electron chi connectivity index (χ0n) is 10.6. The van der Waals surface area contributed by atoms with E-state index in [1.54, 1.807) is 32.0 Å². The molecule has 0 aliphatic rings. The number of carbonyl (C=O) groups excluding carboxylic acids is 1. The molecule has 0 radical (unpaired) electrons. The van der Waals surface area contributed by atoms with E-state index >= 15 is 0 Å². The molecule has 1 amide bonds. The Morgan fingerprint density at radius 2 is 1.95 bits per heavy atom. The quantitative estimate of drug-likeness (QED) is 0.681. The molecule has 0 aliphatic heterocycles. The highest BCUT2D eigenvalue weighted by Crippen LogP contribution is 2.08. The molecular weight excluding hydrogens is 247 g/mol. The lowest BCUT2D eigenvalue weighted by molar-refractivity contribution is 0.0953. The number of furan rings is 1. The second-order valence-electron chi connectivity index (χ2n) is 4.04. The summed E-state index contributed by atoms with van der Waals surface area (Å²) in [6.45, 7) is 3.43. The Bertz CT molecular complexity index is 615. The van der Waals surface area contributed by atoms with E-state index < -0.39 is 0 Å². The summed E-state index contributed by atoms with van der Waals surface area (Å²) in [7, 11) is 0. The molecule has 2 aromatic rings. The zero-order valence-corrected chi connectivity index (χ0v) is 10.6. The number of hydrazone groups is 1. The summed E-state index contributed by atoms with van der Waals surface area (Å²) in [4.78, 5) is 11.8. The van der Waals surface area contributed by atoms with Gasteiger partial charge in [0.05, 0.1) is 17.5 Å². The number of amides is 1. The van der Waals surface area contributed by atoms with Crippen molar-refractivity contribution in [3.8, 4) is 0 Å². The van der Waals surface area contributed by atoms with Crippen LogP contribution in [-0.4, -0.2) is 11.6 Å². The molecule has 98 valence electrons. The van der Waals surface area contributed by atoms with Gasteiger partial charge >= 0.3 is 0 Å². The van der Waals surface area contributed by atoms with Crippen LogP contribution in [0, 0.1) is 12.7 Å². The van der Waals surface area contributed by atoms with Gasteiger partial charge in [0.15, 0.2) is 0 Å². The summed E-state index contributed by atoms with van der Waals surface area (Å²) in [6, 6.07) is 7.47. The molecule has 0 aliphatic carbocycles. The summed E-state index contributed by atoms with van der Waals surface area (Å²) >= 11 is 0. The number of hydrogen-bond donors (Lipinski definition) is 1. The molecule has 1 heterocycles. The summed E-state index contributed by atoms with van der Waals surface area (Å²) in [5, 5.41) is 3.97. The number of benzene rings is 1. The number of halogens is 1. The van der Waals surface area contributed by atoms with Crippen LogP contribution in [0.25, 0.3) is 0 Å². The maximum atomic E-state index is 12.8. The van der Waals surface area contributed by atoms with Crippen LogP contribution >= 0.6 is 0 Å². The van der Waals surface area contributed by atoms with Crippen molar-refractivity contribution in [2.45, 2.75) is 13.8 Å². The van der Waals surface area contributed by atoms with Crippen molar-refractivity contribution in [1.29, 1.82) is 0 Å². The van der Waals surface area contributed by atoms with Crippen LogP contribution in [0.3, 0.4) is 0 Å². The third kappa shape index (κ3) is 3.07. The highest BCUT2D eigenvalue weighted by molar-refractivity contribution is 6.01. The maximum Gasteiger partial charge on any atom is 0.274 e. The molecule has 0 spiro atoms. The van der Waals surface area contributed by atoms with Gasteiger partial charge < -0.3 is 4.42 Å². The molecule has 1 N–H and O–H groups in total. The van der Waals surface area contributed by atoms with Gasteiger partial charge in [0.2, 0.25) is 0 Å². The molecule has 1 aromatic carbocycles. The van der Waals surface area contributed by atoms with E-state index in [0.717, 1.165) is 5.56 Å². The van der Waals surface area contributed by atoms with Crippen molar-refractivity contribution in [3.63, 3.8) is 0 Å². The minimum Gasteiger partial charge on any atom is -0.469 e. The van der Waals surface area contributed by atoms with Gasteiger partial charge in [0, 0.05) is 0 Å². The normalized spacial score (nSPS) is 11.4. The third-order valence-electron chi connectivity index (χ3n) is 2.69. The van der Waals surface area contributed by atoms with Crippen molar-refractivity contribution in [2.75, 3.05) is 0 Å². The maximum absolute atomic E-state index is 12.8. The van der Waals surface area contributed by atoms with Crippen molar-refractivity contribution in [1.82, 2.24) is 5.43 Å². The van der Waals surface area contributed by atoms with Crippen LogP contribution in [0.5, 0.6) is 0 Å². The third-order valence-corrected chi connectivity index (χ3v) is 2.69. The number of aryl methyl sites for hydroxylation is 1. The molecule has 2 rings (SSSR count). The van der Waals surface area contributed by atoms with Crippen molar-refractivity contribution in [3.05, 3.63) is 59.3 Å². The molecule has 0 saturated heterocycles. The molecule has 4 nitrogen and oxygen atoms in total. The fourth-order valence-electron chi connectivity index (χ4n) is 1.57. The van der Waals surface area contributed by atoms with Gasteiger partial charge in [-0.05, 0) is 37.6 Å². The van der Waals surface area contributed by atoms with Gasteiger partial charge in [-0.1, -0.05) is 12.1 Å². The molecular formula is C14H13FN2O2. The standard InChI is InChI=1S/C14H13FN2O2/c1-9(11-3-5-12(15)6-4-11)16-17-14(18)13-7-8-19-10(13)2/h3-8H,1-2H3,(H,17,18). The van der Waals surface area contributed by atoms with E-state index in [-0.39, 0.29) is 11.7 Å². The van der Waals surface area contributed by atoms with Crippen LogP contribution in [-0.2, 0) is 0 Å². The first-order chi connectivity index (χ1) is 9.08. The first-order valence-corrected chi connectivity index (χ1v) is 5.72. The average Bonchev–Trinajstić information content (AvgIpc) is 2.83. The predicted molar refractivity (Wildman–Crippen MR) is 69.5 cm³/mol. The predicted octanol–water partition coefficient (Wildman–Crippen LogP) is 2.88. The highest BCUT2D eigenvalue weighted by atomic mass is 19.1. The number of rotatable bonds is 3. The van der Waals surface area contributed by atoms with E-state index in [0.29, 0.717) is 17.0 Å². The number of hydrogen-bond acceptors (Lipinski definition) is 3. The lowest BCUT2D eigenvalue weighted by atomic mass is 10.1. The van der Waals surface area contributed by atoms with Crippen LogP contribution in [0.4, 0.5) is 4.39 Å². The van der Waals surface area contributed by atoms with Crippen LogP contribution in [0.2, 0.25) is 0 Å². The SMILES string of the molecule is CC(=NNC(=O)c1ccoc1C)c1ccc(F)cc1. The Kier molecular flexibility index (Phi) is 3.75. The van der Waals surface area contributed by atoms with Gasteiger partial charge in [-0.2, -0.15) is 5.10 Å². The largest absolute Gasteiger partial charge is 0.469 e. The minimum atomic E-state index is -0.340. The van der Waals surface area contributed by atoms with Gasteiger partial charge in [0.25, 0.3) is 5.91 Å². The Morgan fingerprint density at radius 1 is 1.26 bits per heavy atom. The molecule has 0 unspecified atom stereocenters. The Balaban J connectivity index is 2.08. The van der Waals surface area contributed by atoms with Crippen molar-refractivity contribution >= 4 is 11.6 Å². The first-order valence-electron chi connectivity index (χ1n) is 5.72. The van der Waals surface area contributed by atoms with Crippen molar-refractivity contribution in [2.24, 2.45) is 5.10 Å². The summed E-state index contributed by atoms with van der Waals surface area (Å²) in [5.41, 5.74) is 4.21. The van der Waals surface area contributed by atoms with Gasteiger partial charge in [-0.3, -0.25) is 4.79 Å². The van der Waals surface area contributed by atoms with E-state index in [9.17, 15) is 9.18 Å². The smallest absolute Gasteiger partial charge is 0.274 e. The van der Waals surface area contributed by atoms with E-state index in [4.69, 9.17) is 4.42 Å². The summed E-state index contributed by atoms with van der Waals surface area (Å²) in [6.07, 6.45) is 1.45. The number of nitrogens with zero attached hydrogens (tertiary/aromatic N) is 1. The fourth-order valence-corrected chi connectivity index (χ4v) is 1.57. The van der Waals surface area contributed by atoms with Gasteiger partial charge in [0.1, 0.15) is 11.6 Å². The topological polar surface area (TPSA) is 54.6 Å². The molecule has 0 bridgehead atoms. The van der Waals surface area contributed by atoms with Crippen LogP contribution in [0.15, 0.2) is 46.1 Å². The average molecular weight is 260 g/mol. The summed E-state index contributed by atoms with van der Waals surface area (Å²) in [5.74, 6) is -0.116. The number of nitrogens with one attached hydrogen (secondary N) is 1. The van der Waals surface area contributed by atoms with Gasteiger partial charge in [-0.15, -0.1) is 0 Å². The molecule has 19 heavy (non-hydrogen) atoms. The van der Waals surface area contributed by atoms with Crippen LogP contribution in [0.1, 0.15) is 28.6 Å². The Hall–Kier alpha value is -2.43. The van der Waals surface area contributed by atoms with E-state index in [1.807, 2.05) is 0 Å². The lowest BCUT2D eigenvalue weighted by Crippen LogP contribution is -2.19. The van der Waals surface area contributed by atoms with E-state index in [2.05, 4.69) is 10.5 Å². The zero-order chi connectivity index (χ0) is 13.8. The fraction of sp³-hybridized carbons (Fsp3) is 0.143. The summed E-state index contributed by atoms with van der Waals surface area (Å²) < 4.78 is 17.8. The number of carbonyl (C=O) groups is 1. The second-order valence-corrected chi connectivity index (χ2v) is 4.04. The van der Waals surface area contributed by atoms with Crippen molar-refractivity contribution < 1.29 is 13.6 Å². The molecule has 0 saturated carbocycles. The minimum absolute atomic E-state index is 0.311. The second kappa shape index (κ2) is 5.48. The molecule has 0 atom stereocenters. The molecule has 0 fully saturated rings. The van der Waals surface area contributed by atoms with E-state index in [1.165, 1.54) is 18.4 Å². The Morgan fingerprint density at radius 3 is 2.53 bits per heavy atom. The van der Waals surface area contributed by atoms with Crippen LogP contribution < -0.4 is 5.43 Å². The molecule has 1 aromatic heterocycles. The molecule has 5 heteroatoms. The lowest BCUT2D eigenvalue weighted by Gasteiger charge is -2.02. The highest BCUT2D eigenvalue weighted by Gasteiger charge is 2.10. The van der Waals surface area contributed by atoms with Gasteiger partial charge in [-0.25, -0.2) is 9.82 Å². The monoisotopic (exact) mass is 260 g/mol.